The smallest absolute Gasteiger partial charge is 0.222 e. The molecule has 0 aliphatic carbocycles. The van der Waals surface area contributed by atoms with Gasteiger partial charge in [0.25, 0.3) is 0 Å². The van der Waals surface area contributed by atoms with E-state index >= 15 is 0 Å². The van der Waals surface area contributed by atoms with Crippen LogP contribution in [0.15, 0.2) is 65.8 Å². The Bertz CT molecular complexity index is 1030. The van der Waals surface area contributed by atoms with Crippen LogP contribution in [0.5, 0.6) is 0 Å². The first-order valence-corrected chi connectivity index (χ1v) is 10.6. The van der Waals surface area contributed by atoms with E-state index in [-0.39, 0.29) is 12.4 Å². The number of aromatic amines is 1. The molecule has 4 N–H and O–H groups in total. The Labute approximate surface area is 187 Å². The van der Waals surface area contributed by atoms with Crippen molar-refractivity contribution in [3.8, 4) is 11.3 Å². The number of aromatic nitrogens is 2. The highest BCUT2D eigenvalue weighted by Crippen LogP contribution is 2.16. The Morgan fingerprint density at radius 3 is 2.59 bits per heavy atom. The SMILES string of the molecule is CCNC(=NCC(Cc1ccc(F)cc1)C(N)=O)N(C)Cc1ncc(-c2ccccc2)[nH]1. The molecule has 7 nitrogen and oxygen atoms in total. The topological polar surface area (TPSA) is 99.4 Å². The largest absolute Gasteiger partial charge is 0.369 e. The zero-order chi connectivity index (χ0) is 22.9. The number of nitrogens with one attached hydrogen (secondary N) is 2. The van der Waals surface area contributed by atoms with Crippen LogP contribution >= 0.6 is 0 Å². The molecule has 3 rings (SSSR count). The van der Waals surface area contributed by atoms with Crippen molar-refractivity contribution in [2.24, 2.45) is 16.6 Å². The molecule has 0 aliphatic rings. The van der Waals surface area contributed by atoms with Crippen LogP contribution < -0.4 is 11.1 Å². The number of halogens is 1. The monoisotopic (exact) mass is 436 g/mol. The van der Waals surface area contributed by atoms with Gasteiger partial charge in [0.05, 0.1) is 30.9 Å². The zero-order valence-corrected chi connectivity index (χ0v) is 18.4. The van der Waals surface area contributed by atoms with E-state index in [0.29, 0.717) is 25.5 Å². The van der Waals surface area contributed by atoms with E-state index in [9.17, 15) is 9.18 Å². The van der Waals surface area contributed by atoms with Crippen molar-refractivity contribution < 1.29 is 9.18 Å². The minimum atomic E-state index is -0.490. The highest BCUT2D eigenvalue weighted by molar-refractivity contribution is 5.81. The lowest BCUT2D eigenvalue weighted by Gasteiger charge is -2.22. The molecule has 0 bridgehead atoms. The molecular formula is C24H29FN6O. The second kappa shape index (κ2) is 11.1. The number of H-pyrrole nitrogens is 1. The summed E-state index contributed by atoms with van der Waals surface area (Å²) < 4.78 is 13.2. The van der Waals surface area contributed by atoms with Crippen LogP contribution in [-0.2, 0) is 17.8 Å². The van der Waals surface area contributed by atoms with Crippen LogP contribution in [0, 0.1) is 11.7 Å². The fourth-order valence-corrected chi connectivity index (χ4v) is 3.33. The molecule has 0 saturated heterocycles. The van der Waals surface area contributed by atoms with Crippen LogP contribution in [0.25, 0.3) is 11.3 Å². The molecule has 168 valence electrons. The molecule has 2 aromatic carbocycles. The molecule has 1 heterocycles. The van der Waals surface area contributed by atoms with Crippen LogP contribution in [0.3, 0.4) is 0 Å². The Balaban J connectivity index is 1.67. The van der Waals surface area contributed by atoms with Crippen molar-refractivity contribution in [2.45, 2.75) is 19.9 Å². The molecule has 0 saturated carbocycles. The summed E-state index contributed by atoms with van der Waals surface area (Å²) in [6.45, 7) is 3.40. The molecule has 1 atom stereocenters. The molecule has 0 aliphatic heterocycles. The van der Waals surface area contributed by atoms with Gasteiger partial charge in [0.1, 0.15) is 11.6 Å². The average Bonchev–Trinajstić information content (AvgIpc) is 3.25. The van der Waals surface area contributed by atoms with Crippen LogP contribution in [0.2, 0.25) is 0 Å². The molecular weight excluding hydrogens is 407 g/mol. The lowest BCUT2D eigenvalue weighted by Crippen LogP contribution is -2.39. The van der Waals surface area contributed by atoms with Gasteiger partial charge in [-0.05, 0) is 36.6 Å². The van der Waals surface area contributed by atoms with Crippen LogP contribution in [0.4, 0.5) is 4.39 Å². The van der Waals surface area contributed by atoms with E-state index in [1.165, 1.54) is 12.1 Å². The molecule has 1 aromatic heterocycles. The van der Waals surface area contributed by atoms with Crippen molar-refractivity contribution in [3.63, 3.8) is 0 Å². The summed E-state index contributed by atoms with van der Waals surface area (Å²) in [6, 6.07) is 16.1. The number of amides is 1. The standard InChI is InChI=1S/C24H29FN6O/c1-3-27-24(29-14-19(23(26)32)13-17-9-11-20(25)12-10-17)31(2)16-22-28-15-21(30-22)18-7-5-4-6-8-18/h4-12,15,19H,3,13-14,16H2,1-2H3,(H2,26,32)(H,27,29)(H,28,30). The molecule has 0 radical (unpaired) electrons. The summed E-state index contributed by atoms with van der Waals surface area (Å²) in [5, 5.41) is 3.24. The van der Waals surface area contributed by atoms with Gasteiger partial charge in [-0.2, -0.15) is 0 Å². The second-order valence-electron chi connectivity index (χ2n) is 7.59. The fourth-order valence-electron chi connectivity index (χ4n) is 3.33. The van der Waals surface area contributed by atoms with E-state index in [2.05, 4.69) is 20.3 Å². The summed E-state index contributed by atoms with van der Waals surface area (Å²) in [5.41, 5.74) is 8.46. The van der Waals surface area contributed by atoms with E-state index in [1.54, 1.807) is 12.1 Å². The number of rotatable bonds is 9. The lowest BCUT2D eigenvalue weighted by molar-refractivity contribution is -0.121. The van der Waals surface area contributed by atoms with Crippen molar-refractivity contribution in [2.75, 3.05) is 20.1 Å². The maximum atomic E-state index is 13.2. The molecule has 0 fully saturated rings. The third kappa shape index (κ3) is 6.41. The first kappa shape index (κ1) is 23.0. The summed E-state index contributed by atoms with van der Waals surface area (Å²) >= 11 is 0. The number of carbonyl (C=O) groups excluding carboxylic acids is 1. The number of aliphatic imine (C=N–C) groups is 1. The molecule has 8 heteroatoms. The van der Waals surface area contributed by atoms with Gasteiger partial charge in [-0.1, -0.05) is 42.5 Å². The Hall–Kier alpha value is -3.68. The predicted molar refractivity (Wildman–Crippen MR) is 124 cm³/mol. The molecule has 3 aromatic rings. The van der Waals surface area contributed by atoms with Gasteiger partial charge in [0, 0.05) is 13.6 Å². The predicted octanol–water partition coefficient (Wildman–Crippen LogP) is 2.96. The van der Waals surface area contributed by atoms with Gasteiger partial charge in [-0.25, -0.2) is 9.37 Å². The maximum Gasteiger partial charge on any atom is 0.222 e. The molecule has 1 amide bonds. The molecule has 1 unspecified atom stereocenters. The second-order valence-corrected chi connectivity index (χ2v) is 7.59. The van der Waals surface area contributed by atoms with E-state index in [1.807, 2.05) is 55.4 Å². The van der Waals surface area contributed by atoms with Gasteiger partial charge in [0.2, 0.25) is 5.91 Å². The fraction of sp³-hybridized carbons (Fsp3) is 0.292. The summed E-state index contributed by atoms with van der Waals surface area (Å²) in [7, 11) is 1.91. The van der Waals surface area contributed by atoms with Gasteiger partial charge >= 0.3 is 0 Å². The number of nitrogens with zero attached hydrogens (tertiary/aromatic N) is 3. The minimum Gasteiger partial charge on any atom is -0.369 e. The number of guanidine groups is 1. The van der Waals surface area contributed by atoms with Gasteiger partial charge in [-0.15, -0.1) is 0 Å². The Morgan fingerprint density at radius 1 is 1.22 bits per heavy atom. The molecule has 0 spiro atoms. The summed E-state index contributed by atoms with van der Waals surface area (Å²) in [4.78, 5) is 26.3. The third-order valence-electron chi connectivity index (χ3n) is 5.06. The normalized spacial score (nSPS) is 12.4. The van der Waals surface area contributed by atoms with Gasteiger partial charge in [0.15, 0.2) is 5.96 Å². The van der Waals surface area contributed by atoms with Crippen molar-refractivity contribution >= 4 is 11.9 Å². The number of hydrogen-bond acceptors (Lipinski definition) is 3. The Kier molecular flexibility index (Phi) is 7.96. The highest BCUT2D eigenvalue weighted by atomic mass is 19.1. The van der Waals surface area contributed by atoms with Gasteiger partial charge in [-0.3, -0.25) is 9.79 Å². The average molecular weight is 437 g/mol. The molecule has 32 heavy (non-hydrogen) atoms. The lowest BCUT2D eigenvalue weighted by atomic mass is 9.99. The quantitative estimate of drug-likeness (QED) is 0.355. The van der Waals surface area contributed by atoms with Gasteiger partial charge < -0.3 is 20.9 Å². The van der Waals surface area contributed by atoms with E-state index in [4.69, 9.17) is 5.73 Å². The van der Waals surface area contributed by atoms with Crippen LogP contribution in [0.1, 0.15) is 18.3 Å². The number of nitrogens with two attached hydrogens (primary N) is 1. The number of benzene rings is 2. The summed E-state index contributed by atoms with van der Waals surface area (Å²) in [6.07, 6.45) is 2.22. The van der Waals surface area contributed by atoms with Crippen molar-refractivity contribution in [3.05, 3.63) is 78.0 Å². The summed E-state index contributed by atoms with van der Waals surface area (Å²) in [5.74, 6) is 0.211. The third-order valence-corrected chi connectivity index (χ3v) is 5.06. The van der Waals surface area contributed by atoms with Crippen molar-refractivity contribution in [1.29, 1.82) is 0 Å². The minimum absolute atomic E-state index is 0.229. The first-order chi connectivity index (χ1) is 15.5. The zero-order valence-electron chi connectivity index (χ0n) is 18.4. The first-order valence-electron chi connectivity index (χ1n) is 10.6. The Morgan fingerprint density at radius 2 is 1.94 bits per heavy atom. The van der Waals surface area contributed by atoms with Crippen LogP contribution in [-0.4, -0.2) is 46.9 Å². The number of carbonyl (C=O) groups is 1. The van der Waals surface area contributed by atoms with E-state index in [0.717, 1.165) is 22.6 Å². The van der Waals surface area contributed by atoms with Crippen molar-refractivity contribution in [1.82, 2.24) is 20.2 Å². The maximum absolute atomic E-state index is 13.2. The number of hydrogen-bond donors (Lipinski definition) is 3. The van der Waals surface area contributed by atoms with E-state index < -0.39 is 11.8 Å². The number of primary amides is 1. The highest BCUT2D eigenvalue weighted by Gasteiger charge is 2.17. The number of imidazole rings is 1.